The highest BCUT2D eigenvalue weighted by atomic mass is 32.1. The zero-order valence-corrected chi connectivity index (χ0v) is 15.2. The van der Waals surface area contributed by atoms with E-state index in [-0.39, 0.29) is 6.10 Å². The molecule has 1 unspecified atom stereocenters. The lowest BCUT2D eigenvalue weighted by molar-refractivity contribution is 0.200. The minimum atomic E-state index is -0.289. The molecule has 0 amide bonds. The number of benzene rings is 2. The normalized spacial score (nSPS) is 11.4. The number of para-hydroxylation sites is 1. The molecule has 0 saturated carbocycles. The summed E-state index contributed by atoms with van der Waals surface area (Å²) in [6.07, 6.45) is 1.51. The van der Waals surface area contributed by atoms with Crippen LogP contribution in [0.2, 0.25) is 0 Å². The van der Waals surface area contributed by atoms with Crippen LogP contribution in [0.15, 0.2) is 60.8 Å². The van der Waals surface area contributed by atoms with E-state index < -0.39 is 0 Å². The van der Waals surface area contributed by atoms with E-state index in [4.69, 9.17) is 9.84 Å². The Morgan fingerprint density at radius 2 is 1.92 bits per heavy atom. The van der Waals surface area contributed by atoms with Gasteiger partial charge in [0.2, 0.25) is 0 Å². The maximum absolute atomic E-state index is 8.44. The smallest absolute Gasteiger partial charge is 0.121 e. The van der Waals surface area contributed by atoms with Crippen molar-refractivity contribution >= 4 is 35.1 Å². The molecule has 6 heteroatoms. The molecule has 0 aliphatic carbocycles. The van der Waals surface area contributed by atoms with E-state index in [9.17, 15) is 0 Å². The van der Waals surface area contributed by atoms with Crippen molar-refractivity contribution < 1.29 is 9.84 Å². The summed E-state index contributed by atoms with van der Waals surface area (Å²) in [4.78, 5) is 4.37. The van der Waals surface area contributed by atoms with Crippen LogP contribution < -0.4 is 14.8 Å². The van der Waals surface area contributed by atoms with Crippen molar-refractivity contribution in [3.05, 3.63) is 60.8 Å². The van der Waals surface area contributed by atoms with E-state index in [0.29, 0.717) is 6.54 Å². The third-order valence-corrected chi connectivity index (χ3v) is 3.57. The van der Waals surface area contributed by atoms with Crippen molar-refractivity contribution in [1.29, 1.82) is 0 Å². The maximum Gasteiger partial charge on any atom is 0.121 e. The highest BCUT2D eigenvalue weighted by Gasteiger charge is 2.03. The lowest BCUT2D eigenvalue weighted by atomic mass is 10.1. The molecule has 5 nitrogen and oxygen atoms in total. The molecule has 3 N–H and O–H groups in total. The summed E-state index contributed by atoms with van der Waals surface area (Å²) in [6, 6.07) is 18.0. The summed E-state index contributed by atoms with van der Waals surface area (Å²) >= 11 is 3.65. The van der Waals surface area contributed by atoms with Gasteiger partial charge in [0.05, 0.1) is 18.7 Å². The molecule has 3 aromatic rings. The van der Waals surface area contributed by atoms with Gasteiger partial charge in [-0.3, -0.25) is 9.71 Å². The van der Waals surface area contributed by atoms with Crippen LogP contribution in [-0.4, -0.2) is 29.8 Å². The van der Waals surface area contributed by atoms with Gasteiger partial charge in [0.1, 0.15) is 5.75 Å². The summed E-state index contributed by atoms with van der Waals surface area (Å²) < 4.78 is 7.73. The fourth-order valence-corrected chi connectivity index (χ4v) is 2.44. The monoisotopic (exact) mass is 357 g/mol. The molecule has 1 atom stereocenters. The van der Waals surface area contributed by atoms with Gasteiger partial charge in [-0.05, 0) is 37.3 Å². The number of nitrogens with zero attached hydrogens (tertiary/aromatic N) is 1. The predicted molar refractivity (Wildman–Crippen MR) is 107 cm³/mol. The quantitative estimate of drug-likeness (QED) is 0.523. The van der Waals surface area contributed by atoms with Crippen LogP contribution in [-0.2, 0) is 0 Å². The van der Waals surface area contributed by atoms with Crippen LogP contribution in [0.25, 0.3) is 10.9 Å². The third kappa shape index (κ3) is 5.94. The van der Waals surface area contributed by atoms with Gasteiger partial charge >= 0.3 is 0 Å². The Morgan fingerprint density at radius 3 is 2.52 bits per heavy atom. The SMILES string of the molecule is CC(O)CNS.COc1ccc2c(Nc3ccccc3)ccnc2c1. The predicted octanol–water partition coefficient (Wildman–Crippen LogP) is 3.79. The number of aliphatic hydroxyl groups is 1. The number of aromatic nitrogens is 1. The number of nitrogens with one attached hydrogen (secondary N) is 2. The van der Waals surface area contributed by atoms with Gasteiger partial charge in [-0.25, -0.2) is 0 Å². The molecule has 0 aliphatic heterocycles. The van der Waals surface area contributed by atoms with Crippen molar-refractivity contribution in [2.75, 3.05) is 19.0 Å². The lowest BCUT2D eigenvalue weighted by Gasteiger charge is -2.10. The fourth-order valence-electron chi connectivity index (χ4n) is 2.17. The summed E-state index contributed by atoms with van der Waals surface area (Å²) in [7, 11) is 1.66. The zero-order chi connectivity index (χ0) is 18.1. The molecule has 0 fully saturated rings. The first-order valence-electron chi connectivity index (χ1n) is 7.94. The van der Waals surface area contributed by atoms with Crippen molar-refractivity contribution in [3.8, 4) is 5.75 Å². The number of methoxy groups -OCH3 is 1. The molecular formula is C19H23N3O2S. The molecular weight excluding hydrogens is 334 g/mol. The van der Waals surface area contributed by atoms with Crippen LogP contribution >= 0.6 is 12.8 Å². The molecule has 0 saturated heterocycles. The van der Waals surface area contributed by atoms with Crippen molar-refractivity contribution in [2.45, 2.75) is 13.0 Å². The van der Waals surface area contributed by atoms with E-state index >= 15 is 0 Å². The lowest BCUT2D eigenvalue weighted by Crippen LogP contribution is -2.15. The first-order chi connectivity index (χ1) is 12.1. The molecule has 2 aromatic carbocycles. The number of ether oxygens (including phenoxy) is 1. The number of hydrogen-bond acceptors (Lipinski definition) is 6. The Morgan fingerprint density at radius 1 is 1.16 bits per heavy atom. The van der Waals surface area contributed by atoms with Crippen LogP contribution in [0.1, 0.15) is 6.92 Å². The van der Waals surface area contributed by atoms with Gasteiger partial charge in [0.25, 0.3) is 0 Å². The van der Waals surface area contributed by atoms with Gasteiger partial charge in [-0.1, -0.05) is 31.0 Å². The standard InChI is InChI=1S/C16H14N2O.C3H9NOS/c1-19-13-7-8-14-15(9-10-17-16(14)11-13)18-12-5-3-2-4-6-12;1-3(5)2-4-6/h2-11H,1H3,(H,17,18);3-6H,2H2,1H3. The highest BCUT2D eigenvalue weighted by molar-refractivity contribution is 7.78. The van der Waals surface area contributed by atoms with E-state index in [1.165, 1.54) is 0 Å². The average Bonchev–Trinajstić information content (AvgIpc) is 2.63. The second-order valence-electron chi connectivity index (χ2n) is 5.44. The topological polar surface area (TPSA) is 66.4 Å². The van der Waals surface area contributed by atoms with Crippen LogP contribution in [0.3, 0.4) is 0 Å². The van der Waals surface area contributed by atoms with Gasteiger partial charge in [0, 0.05) is 35.6 Å². The Bertz CT molecular complexity index is 782. The first-order valence-corrected chi connectivity index (χ1v) is 8.38. The molecule has 132 valence electrons. The molecule has 0 aliphatic rings. The molecule has 1 aromatic heterocycles. The molecule has 25 heavy (non-hydrogen) atoms. The Balaban J connectivity index is 0.000000326. The molecule has 0 spiro atoms. The summed E-state index contributed by atoms with van der Waals surface area (Å²) in [5.41, 5.74) is 3.02. The Labute approximate surface area is 153 Å². The van der Waals surface area contributed by atoms with Crippen LogP contribution in [0.5, 0.6) is 5.75 Å². The zero-order valence-electron chi connectivity index (χ0n) is 14.3. The molecule has 0 radical (unpaired) electrons. The van der Waals surface area contributed by atoms with Gasteiger partial charge < -0.3 is 15.2 Å². The van der Waals surface area contributed by atoms with E-state index in [1.807, 2.05) is 54.6 Å². The van der Waals surface area contributed by atoms with Crippen molar-refractivity contribution in [1.82, 2.24) is 9.71 Å². The van der Waals surface area contributed by atoms with E-state index in [1.54, 1.807) is 20.2 Å². The summed E-state index contributed by atoms with van der Waals surface area (Å²) in [5.74, 6) is 0.817. The maximum atomic E-state index is 8.44. The number of aliphatic hydroxyl groups excluding tert-OH is 1. The highest BCUT2D eigenvalue weighted by Crippen LogP contribution is 2.27. The summed E-state index contributed by atoms with van der Waals surface area (Å²) in [6.45, 7) is 2.24. The van der Waals surface area contributed by atoms with E-state index in [2.05, 4.69) is 27.8 Å². The minimum Gasteiger partial charge on any atom is -0.497 e. The number of fused-ring (bicyclic) bond motifs is 1. The number of rotatable bonds is 5. The largest absolute Gasteiger partial charge is 0.497 e. The minimum absolute atomic E-state index is 0.289. The first kappa shape index (κ1) is 19.1. The fraction of sp³-hybridized carbons (Fsp3) is 0.211. The number of thiol groups is 1. The van der Waals surface area contributed by atoms with Crippen molar-refractivity contribution in [2.24, 2.45) is 0 Å². The van der Waals surface area contributed by atoms with Crippen LogP contribution in [0, 0.1) is 0 Å². The van der Waals surface area contributed by atoms with Crippen LogP contribution in [0.4, 0.5) is 11.4 Å². The number of anilines is 2. The molecule has 1 heterocycles. The second kappa shape index (κ2) is 9.88. The van der Waals surface area contributed by atoms with Gasteiger partial charge in [-0.15, -0.1) is 0 Å². The number of pyridine rings is 1. The van der Waals surface area contributed by atoms with E-state index in [0.717, 1.165) is 28.0 Å². The molecule has 0 bridgehead atoms. The Kier molecular flexibility index (Phi) is 7.53. The number of hydrogen-bond donors (Lipinski definition) is 4. The second-order valence-corrected chi connectivity index (χ2v) is 5.76. The van der Waals surface area contributed by atoms with Gasteiger partial charge in [0.15, 0.2) is 0 Å². The average molecular weight is 357 g/mol. The third-order valence-electron chi connectivity index (χ3n) is 3.39. The molecule has 3 rings (SSSR count). The van der Waals surface area contributed by atoms with Gasteiger partial charge in [-0.2, -0.15) is 0 Å². The van der Waals surface area contributed by atoms with Crippen molar-refractivity contribution in [3.63, 3.8) is 0 Å². The Hall–Kier alpha value is -2.28. The summed E-state index contributed by atoms with van der Waals surface area (Å²) in [5, 5.41) is 12.9.